The minimum absolute atomic E-state index is 0.0681. The standard InChI is InChI=1S/C11H17NO2/c1-3-13-8-9(2)14-11-6-4-10(12)5-7-11/h4-7,9H,3,8,12H2,1-2H3. The molecule has 0 amide bonds. The lowest BCUT2D eigenvalue weighted by Crippen LogP contribution is -2.18. The highest BCUT2D eigenvalue weighted by atomic mass is 16.5. The molecule has 0 spiro atoms. The second-order valence-corrected chi connectivity index (χ2v) is 3.16. The van der Waals surface area contributed by atoms with Crippen molar-refractivity contribution in [3.05, 3.63) is 24.3 Å². The van der Waals surface area contributed by atoms with Gasteiger partial charge in [-0.3, -0.25) is 0 Å². The number of ether oxygens (including phenoxy) is 2. The Morgan fingerprint density at radius 3 is 2.50 bits per heavy atom. The van der Waals surface area contributed by atoms with Gasteiger partial charge in [-0.2, -0.15) is 0 Å². The van der Waals surface area contributed by atoms with Crippen molar-refractivity contribution >= 4 is 5.69 Å². The van der Waals surface area contributed by atoms with Crippen LogP contribution in [-0.4, -0.2) is 19.3 Å². The zero-order valence-corrected chi connectivity index (χ0v) is 8.69. The minimum atomic E-state index is 0.0681. The Morgan fingerprint density at radius 2 is 1.93 bits per heavy atom. The van der Waals surface area contributed by atoms with Gasteiger partial charge in [-0.1, -0.05) is 0 Å². The van der Waals surface area contributed by atoms with Crippen LogP contribution in [0.3, 0.4) is 0 Å². The molecular formula is C11H17NO2. The van der Waals surface area contributed by atoms with Crippen molar-refractivity contribution in [3.63, 3.8) is 0 Å². The number of rotatable bonds is 5. The molecule has 0 aliphatic carbocycles. The largest absolute Gasteiger partial charge is 0.488 e. The summed E-state index contributed by atoms with van der Waals surface area (Å²) in [5.74, 6) is 0.825. The topological polar surface area (TPSA) is 44.5 Å². The highest BCUT2D eigenvalue weighted by molar-refractivity contribution is 5.41. The molecule has 0 bridgehead atoms. The molecule has 0 aliphatic heterocycles. The van der Waals surface area contributed by atoms with Crippen molar-refractivity contribution in [2.24, 2.45) is 0 Å². The lowest BCUT2D eigenvalue weighted by Gasteiger charge is -2.14. The van der Waals surface area contributed by atoms with Crippen LogP contribution < -0.4 is 10.5 Å². The van der Waals surface area contributed by atoms with Crippen LogP contribution in [0.4, 0.5) is 5.69 Å². The van der Waals surface area contributed by atoms with E-state index in [-0.39, 0.29) is 6.10 Å². The van der Waals surface area contributed by atoms with Crippen molar-refractivity contribution in [2.45, 2.75) is 20.0 Å². The van der Waals surface area contributed by atoms with Crippen LogP contribution in [-0.2, 0) is 4.74 Å². The van der Waals surface area contributed by atoms with Crippen molar-refractivity contribution in [1.29, 1.82) is 0 Å². The van der Waals surface area contributed by atoms with Crippen LogP contribution in [0, 0.1) is 0 Å². The van der Waals surface area contributed by atoms with E-state index in [1.54, 1.807) is 0 Å². The lowest BCUT2D eigenvalue weighted by atomic mass is 10.3. The Hall–Kier alpha value is -1.22. The lowest BCUT2D eigenvalue weighted by molar-refractivity contribution is 0.0657. The Labute approximate surface area is 84.8 Å². The molecule has 0 heterocycles. The predicted molar refractivity (Wildman–Crippen MR) is 57.4 cm³/mol. The average molecular weight is 195 g/mol. The third kappa shape index (κ3) is 3.66. The number of nitrogens with two attached hydrogens (primary N) is 1. The smallest absolute Gasteiger partial charge is 0.119 e. The van der Waals surface area contributed by atoms with Gasteiger partial charge in [0, 0.05) is 12.3 Å². The summed E-state index contributed by atoms with van der Waals surface area (Å²) >= 11 is 0. The Balaban J connectivity index is 2.39. The van der Waals surface area contributed by atoms with Crippen LogP contribution >= 0.6 is 0 Å². The summed E-state index contributed by atoms with van der Waals surface area (Å²) < 4.78 is 10.8. The van der Waals surface area contributed by atoms with Gasteiger partial charge in [0.25, 0.3) is 0 Å². The Bertz CT molecular complexity index is 258. The number of benzene rings is 1. The first-order valence-corrected chi connectivity index (χ1v) is 4.82. The van der Waals surface area contributed by atoms with E-state index < -0.39 is 0 Å². The molecule has 3 nitrogen and oxygen atoms in total. The van der Waals surface area contributed by atoms with Gasteiger partial charge in [0.05, 0.1) is 6.61 Å². The molecule has 0 saturated carbocycles. The summed E-state index contributed by atoms with van der Waals surface area (Å²) in [4.78, 5) is 0. The van der Waals surface area contributed by atoms with Crippen LogP contribution in [0.15, 0.2) is 24.3 Å². The SMILES string of the molecule is CCOCC(C)Oc1ccc(N)cc1. The molecule has 0 aromatic heterocycles. The quantitative estimate of drug-likeness (QED) is 0.731. The molecule has 3 heteroatoms. The maximum absolute atomic E-state index is 5.59. The summed E-state index contributed by atoms with van der Waals surface area (Å²) in [6.07, 6.45) is 0.0681. The number of nitrogen functional groups attached to an aromatic ring is 1. The van der Waals surface area contributed by atoms with Crippen molar-refractivity contribution in [3.8, 4) is 5.75 Å². The number of hydrogen-bond donors (Lipinski definition) is 1. The van der Waals surface area contributed by atoms with Gasteiger partial charge in [-0.25, -0.2) is 0 Å². The molecule has 2 N–H and O–H groups in total. The van der Waals surface area contributed by atoms with Crippen molar-refractivity contribution < 1.29 is 9.47 Å². The fourth-order valence-corrected chi connectivity index (χ4v) is 1.10. The third-order valence-electron chi connectivity index (χ3n) is 1.77. The van der Waals surface area contributed by atoms with E-state index >= 15 is 0 Å². The van der Waals surface area contributed by atoms with E-state index in [0.717, 1.165) is 18.0 Å². The monoisotopic (exact) mass is 195 g/mol. The van der Waals surface area contributed by atoms with Gasteiger partial charge in [0.15, 0.2) is 0 Å². The van der Waals surface area contributed by atoms with E-state index in [9.17, 15) is 0 Å². The second kappa shape index (κ2) is 5.50. The van der Waals surface area contributed by atoms with Crippen LogP contribution in [0.25, 0.3) is 0 Å². The molecule has 14 heavy (non-hydrogen) atoms. The van der Waals surface area contributed by atoms with Crippen molar-refractivity contribution in [2.75, 3.05) is 18.9 Å². The molecule has 0 fully saturated rings. The zero-order chi connectivity index (χ0) is 10.4. The zero-order valence-electron chi connectivity index (χ0n) is 8.69. The summed E-state index contributed by atoms with van der Waals surface area (Å²) in [6.45, 7) is 5.28. The number of anilines is 1. The van der Waals surface area contributed by atoms with E-state index in [0.29, 0.717) is 6.61 Å². The normalized spacial score (nSPS) is 12.4. The van der Waals surface area contributed by atoms with Gasteiger partial charge in [-0.15, -0.1) is 0 Å². The molecule has 1 rings (SSSR count). The molecule has 0 aliphatic rings. The molecule has 78 valence electrons. The van der Waals surface area contributed by atoms with Crippen LogP contribution in [0.2, 0.25) is 0 Å². The maximum Gasteiger partial charge on any atom is 0.119 e. The molecular weight excluding hydrogens is 178 g/mol. The van der Waals surface area contributed by atoms with Gasteiger partial charge >= 0.3 is 0 Å². The summed E-state index contributed by atoms with van der Waals surface area (Å²) in [5, 5.41) is 0. The fourth-order valence-electron chi connectivity index (χ4n) is 1.10. The van der Waals surface area contributed by atoms with E-state index in [1.165, 1.54) is 0 Å². The molecule has 1 atom stereocenters. The molecule has 0 radical (unpaired) electrons. The van der Waals surface area contributed by atoms with E-state index in [4.69, 9.17) is 15.2 Å². The first-order valence-electron chi connectivity index (χ1n) is 4.82. The summed E-state index contributed by atoms with van der Waals surface area (Å²) in [5.41, 5.74) is 6.30. The minimum Gasteiger partial charge on any atom is -0.488 e. The summed E-state index contributed by atoms with van der Waals surface area (Å²) in [6, 6.07) is 7.36. The fraction of sp³-hybridized carbons (Fsp3) is 0.455. The first kappa shape index (κ1) is 10.9. The van der Waals surface area contributed by atoms with Gasteiger partial charge in [-0.05, 0) is 38.1 Å². The van der Waals surface area contributed by atoms with E-state index in [2.05, 4.69) is 0 Å². The van der Waals surface area contributed by atoms with Crippen LogP contribution in [0.5, 0.6) is 5.75 Å². The molecule has 0 saturated heterocycles. The van der Waals surface area contributed by atoms with Gasteiger partial charge in [0.2, 0.25) is 0 Å². The maximum atomic E-state index is 5.59. The van der Waals surface area contributed by atoms with Gasteiger partial charge < -0.3 is 15.2 Å². The average Bonchev–Trinajstić information content (AvgIpc) is 2.18. The van der Waals surface area contributed by atoms with Gasteiger partial charge in [0.1, 0.15) is 11.9 Å². The highest BCUT2D eigenvalue weighted by Gasteiger charge is 2.02. The molecule has 1 aromatic rings. The number of hydrogen-bond acceptors (Lipinski definition) is 3. The first-order chi connectivity index (χ1) is 6.72. The predicted octanol–water partition coefficient (Wildman–Crippen LogP) is 2.07. The Morgan fingerprint density at radius 1 is 1.29 bits per heavy atom. The van der Waals surface area contributed by atoms with E-state index in [1.807, 2.05) is 38.1 Å². The molecule has 1 unspecified atom stereocenters. The second-order valence-electron chi connectivity index (χ2n) is 3.16. The third-order valence-corrected chi connectivity index (χ3v) is 1.77. The molecule has 1 aromatic carbocycles. The highest BCUT2D eigenvalue weighted by Crippen LogP contribution is 2.14. The van der Waals surface area contributed by atoms with Crippen LogP contribution in [0.1, 0.15) is 13.8 Å². The van der Waals surface area contributed by atoms with Crippen molar-refractivity contribution in [1.82, 2.24) is 0 Å². The summed E-state index contributed by atoms with van der Waals surface area (Å²) in [7, 11) is 0. The Kier molecular flexibility index (Phi) is 4.26.